The van der Waals surface area contributed by atoms with Gasteiger partial charge in [-0.3, -0.25) is 4.79 Å². The third-order valence-electron chi connectivity index (χ3n) is 5.47. The maximum absolute atomic E-state index is 12.8. The number of carbonyl (C=O) groups excluding carboxylic acids is 1. The molecule has 21 heavy (non-hydrogen) atoms. The molecular formula is C19H20O2. The molecule has 2 aliphatic rings. The Hall–Kier alpha value is -1.67. The Morgan fingerprint density at radius 2 is 2.00 bits per heavy atom. The van der Waals surface area contributed by atoms with E-state index >= 15 is 0 Å². The van der Waals surface area contributed by atoms with Crippen molar-refractivity contribution in [2.24, 2.45) is 5.92 Å². The molecule has 0 N–H and O–H groups in total. The predicted octanol–water partition coefficient (Wildman–Crippen LogP) is 4.46. The Balaban J connectivity index is 2.03. The number of carbonyl (C=O) groups is 1. The van der Waals surface area contributed by atoms with Crippen LogP contribution in [0.15, 0.2) is 36.4 Å². The molecule has 2 heteroatoms. The first kappa shape index (κ1) is 13.0. The smallest absolute Gasteiger partial charge is 0.164 e. The molecule has 2 atom stereocenters. The van der Waals surface area contributed by atoms with Crippen molar-refractivity contribution in [2.75, 3.05) is 7.11 Å². The molecule has 4 rings (SSSR count). The van der Waals surface area contributed by atoms with Crippen LogP contribution in [0.5, 0.6) is 0 Å². The van der Waals surface area contributed by atoms with Crippen LogP contribution in [-0.2, 0) is 10.3 Å². The Morgan fingerprint density at radius 1 is 1.14 bits per heavy atom. The number of benzene rings is 2. The number of rotatable bonds is 1. The summed E-state index contributed by atoms with van der Waals surface area (Å²) in [6.45, 7) is 0. The number of ketones is 1. The van der Waals surface area contributed by atoms with E-state index in [1.165, 1.54) is 12.8 Å². The minimum Gasteiger partial charge on any atom is -0.373 e. The highest BCUT2D eigenvalue weighted by molar-refractivity contribution is 6.10. The summed E-state index contributed by atoms with van der Waals surface area (Å²) < 4.78 is 6.05. The van der Waals surface area contributed by atoms with E-state index in [4.69, 9.17) is 4.74 Å². The highest BCUT2D eigenvalue weighted by atomic mass is 16.5. The van der Waals surface area contributed by atoms with Crippen molar-refractivity contribution in [3.05, 3.63) is 47.5 Å². The van der Waals surface area contributed by atoms with Gasteiger partial charge < -0.3 is 4.74 Å². The zero-order valence-electron chi connectivity index (χ0n) is 12.4. The molecule has 2 aromatic carbocycles. The van der Waals surface area contributed by atoms with Gasteiger partial charge in [0.2, 0.25) is 0 Å². The lowest BCUT2D eigenvalue weighted by atomic mass is 9.63. The van der Waals surface area contributed by atoms with Crippen molar-refractivity contribution >= 4 is 16.6 Å². The second kappa shape index (κ2) is 4.67. The molecule has 108 valence electrons. The van der Waals surface area contributed by atoms with Crippen LogP contribution in [0.4, 0.5) is 0 Å². The lowest BCUT2D eigenvalue weighted by molar-refractivity contribution is -0.0928. The first-order chi connectivity index (χ1) is 10.3. The van der Waals surface area contributed by atoms with Gasteiger partial charge in [0.25, 0.3) is 0 Å². The van der Waals surface area contributed by atoms with Gasteiger partial charge in [0, 0.05) is 19.1 Å². The maximum Gasteiger partial charge on any atom is 0.164 e. The van der Waals surface area contributed by atoms with E-state index in [0.717, 1.165) is 34.7 Å². The number of hydrogen-bond acceptors (Lipinski definition) is 2. The first-order valence-electron chi connectivity index (χ1n) is 7.87. The summed E-state index contributed by atoms with van der Waals surface area (Å²) in [5.41, 5.74) is 1.80. The predicted molar refractivity (Wildman–Crippen MR) is 83.5 cm³/mol. The standard InChI is InChI=1S/C19H20O2/c1-21-19-11-5-4-7-14(19)12-17(20)18-15-8-3-2-6-13(15)9-10-16(18)19/h2-3,6,8-10,14H,4-5,7,11-12H2,1H3/t14-,19+/m0/s1. The first-order valence-corrected chi connectivity index (χ1v) is 7.87. The van der Waals surface area contributed by atoms with E-state index in [0.29, 0.717) is 18.1 Å². The fraction of sp³-hybridized carbons (Fsp3) is 0.421. The average Bonchev–Trinajstić information content (AvgIpc) is 2.54. The molecule has 2 aromatic rings. The lowest BCUT2D eigenvalue weighted by Gasteiger charge is -2.47. The van der Waals surface area contributed by atoms with Crippen molar-refractivity contribution in [1.29, 1.82) is 0 Å². The molecule has 0 aliphatic heterocycles. The molecule has 0 unspecified atom stereocenters. The van der Waals surface area contributed by atoms with Gasteiger partial charge in [-0.2, -0.15) is 0 Å². The molecule has 0 spiro atoms. The molecule has 0 aromatic heterocycles. The Bertz CT molecular complexity index is 719. The summed E-state index contributed by atoms with van der Waals surface area (Å²) in [4.78, 5) is 12.8. The van der Waals surface area contributed by atoms with E-state index in [9.17, 15) is 4.79 Å². The summed E-state index contributed by atoms with van der Waals surface area (Å²) in [7, 11) is 1.81. The van der Waals surface area contributed by atoms with Gasteiger partial charge in [-0.15, -0.1) is 0 Å². The second-order valence-electron chi connectivity index (χ2n) is 6.37. The monoisotopic (exact) mass is 280 g/mol. The van der Waals surface area contributed by atoms with Gasteiger partial charge in [-0.1, -0.05) is 49.2 Å². The van der Waals surface area contributed by atoms with Crippen LogP contribution in [-0.4, -0.2) is 12.9 Å². The SMILES string of the molecule is CO[C@]12CCCC[C@H]1CC(=O)c1c2ccc2ccccc12. The number of hydrogen-bond donors (Lipinski definition) is 0. The van der Waals surface area contributed by atoms with E-state index in [2.05, 4.69) is 24.3 Å². The fourth-order valence-corrected chi connectivity index (χ4v) is 4.47. The summed E-state index contributed by atoms with van der Waals surface area (Å²) in [5.74, 6) is 0.638. The summed E-state index contributed by atoms with van der Waals surface area (Å²) >= 11 is 0. The quantitative estimate of drug-likeness (QED) is 0.771. The summed E-state index contributed by atoms with van der Waals surface area (Å²) in [6.07, 6.45) is 5.17. The van der Waals surface area contributed by atoms with Crippen LogP contribution in [0.2, 0.25) is 0 Å². The number of Topliss-reactive ketones (excluding diaryl/α,β-unsaturated/α-hetero) is 1. The third kappa shape index (κ3) is 1.72. The molecule has 0 saturated heterocycles. The normalized spacial score (nSPS) is 28.2. The Labute approximate surface area is 125 Å². The van der Waals surface area contributed by atoms with E-state index in [-0.39, 0.29) is 5.60 Å². The van der Waals surface area contributed by atoms with Crippen molar-refractivity contribution in [3.8, 4) is 0 Å². The van der Waals surface area contributed by atoms with Crippen molar-refractivity contribution in [3.63, 3.8) is 0 Å². The van der Waals surface area contributed by atoms with Crippen LogP contribution in [0.3, 0.4) is 0 Å². The summed E-state index contributed by atoms with van der Waals surface area (Å²) in [6, 6.07) is 12.5. The molecular weight excluding hydrogens is 260 g/mol. The van der Waals surface area contributed by atoms with Crippen LogP contribution in [0.25, 0.3) is 10.8 Å². The van der Waals surface area contributed by atoms with Gasteiger partial charge in [-0.25, -0.2) is 0 Å². The molecule has 0 amide bonds. The van der Waals surface area contributed by atoms with Gasteiger partial charge in [0.1, 0.15) is 0 Å². The molecule has 1 saturated carbocycles. The van der Waals surface area contributed by atoms with E-state index in [1.54, 1.807) is 0 Å². The van der Waals surface area contributed by atoms with Crippen LogP contribution in [0.1, 0.15) is 48.0 Å². The summed E-state index contributed by atoms with van der Waals surface area (Å²) in [5, 5.41) is 2.23. The minimum atomic E-state index is -0.245. The second-order valence-corrected chi connectivity index (χ2v) is 6.37. The fourth-order valence-electron chi connectivity index (χ4n) is 4.47. The highest BCUT2D eigenvalue weighted by Gasteiger charge is 2.48. The molecule has 0 radical (unpaired) electrons. The molecule has 0 bridgehead atoms. The van der Waals surface area contributed by atoms with Gasteiger partial charge in [-0.05, 0) is 35.1 Å². The molecule has 2 nitrogen and oxygen atoms in total. The number of fused-ring (bicyclic) bond motifs is 5. The van der Waals surface area contributed by atoms with E-state index in [1.807, 2.05) is 19.2 Å². The molecule has 2 aliphatic carbocycles. The van der Waals surface area contributed by atoms with Crippen LogP contribution in [0, 0.1) is 5.92 Å². The number of methoxy groups -OCH3 is 1. The minimum absolute atomic E-state index is 0.245. The zero-order valence-corrected chi connectivity index (χ0v) is 12.4. The lowest BCUT2D eigenvalue weighted by Crippen LogP contribution is -2.45. The van der Waals surface area contributed by atoms with Crippen LogP contribution < -0.4 is 0 Å². The highest BCUT2D eigenvalue weighted by Crippen LogP contribution is 2.51. The van der Waals surface area contributed by atoms with Gasteiger partial charge in [0.05, 0.1) is 5.60 Å². The molecule has 0 heterocycles. The van der Waals surface area contributed by atoms with E-state index < -0.39 is 0 Å². The largest absolute Gasteiger partial charge is 0.373 e. The Kier molecular flexibility index (Phi) is 2.90. The average molecular weight is 280 g/mol. The van der Waals surface area contributed by atoms with Crippen LogP contribution >= 0.6 is 0 Å². The van der Waals surface area contributed by atoms with Gasteiger partial charge >= 0.3 is 0 Å². The zero-order chi connectivity index (χ0) is 14.4. The van der Waals surface area contributed by atoms with Crippen molar-refractivity contribution in [1.82, 2.24) is 0 Å². The Morgan fingerprint density at radius 3 is 2.86 bits per heavy atom. The van der Waals surface area contributed by atoms with Crippen molar-refractivity contribution < 1.29 is 9.53 Å². The topological polar surface area (TPSA) is 26.3 Å². The van der Waals surface area contributed by atoms with Crippen molar-refractivity contribution in [2.45, 2.75) is 37.7 Å². The maximum atomic E-state index is 12.8. The van der Waals surface area contributed by atoms with Gasteiger partial charge in [0.15, 0.2) is 5.78 Å². The third-order valence-corrected chi connectivity index (χ3v) is 5.47. The molecule has 1 fully saturated rings. The number of ether oxygens (including phenoxy) is 1.